The molecule has 1 atom stereocenters. The molecule has 5 rings (SSSR count). The number of carboxylic acid groups (broad SMARTS) is 1. The molecule has 1 fully saturated rings. The summed E-state index contributed by atoms with van der Waals surface area (Å²) in [6.07, 6.45) is 4.71. The van der Waals surface area contributed by atoms with E-state index >= 15 is 0 Å². The molecular formula is C31H27N5O4. The maximum Gasteiger partial charge on any atom is 0.305 e. The van der Waals surface area contributed by atoms with Crippen molar-refractivity contribution in [3.05, 3.63) is 95.3 Å². The fourth-order valence-electron chi connectivity index (χ4n) is 4.83. The molecule has 4 aromatic rings. The summed E-state index contributed by atoms with van der Waals surface area (Å²) >= 11 is 0. The molecule has 9 nitrogen and oxygen atoms in total. The van der Waals surface area contributed by atoms with Gasteiger partial charge in [-0.1, -0.05) is 24.0 Å². The van der Waals surface area contributed by atoms with E-state index in [1.807, 2.05) is 24.3 Å². The lowest BCUT2D eigenvalue weighted by Gasteiger charge is -2.23. The second-order valence-electron chi connectivity index (χ2n) is 9.66. The Morgan fingerprint density at radius 3 is 2.38 bits per heavy atom. The summed E-state index contributed by atoms with van der Waals surface area (Å²) in [5.74, 6) is 10.6. The Morgan fingerprint density at radius 1 is 1.05 bits per heavy atom. The highest BCUT2D eigenvalue weighted by atomic mass is 16.4. The van der Waals surface area contributed by atoms with Gasteiger partial charge in [-0.25, -0.2) is 10.8 Å². The monoisotopic (exact) mass is 533 g/mol. The number of carbonyl (C=O) groups is 3. The van der Waals surface area contributed by atoms with Crippen molar-refractivity contribution in [2.75, 3.05) is 13.6 Å². The van der Waals surface area contributed by atoms with Gasteiger partial charge in [0.05, 0.1) is 23.2 Å². The van der Waals surface area contributed by atoms with Crippen LogP contribution in [0.2, 0.25) is 0 Å². The van der Waals surface area contributed by atoms with Crippen molar-refractivity contribution in [1.82, 2.24) is 19.9 Å². The van der Waals surface area contributed by atoms with Crippen LogP contribution in [0.5, 0.6) is 0 Å². The molecule has 0 spiro atoms. The molecule has 3 heterocycles. The lowest BCUT2D eigenvalue weighted by Crippen LogP contribution is -2.36. The number of hydrogen-bond acceptors (Lipinski definition) is 6. The summed E-state index contributed by atoms with van der Waals surface area (Å²) in [5.41, 5.74) is 4.58. The van der Waals surface area contributed by atoms with Crippen molar-refractivity contribution in [1.29, 1.82) is 0 Å². The predicted molar refractivity (Wildman–Crippen MR) is 150 cm³/mol. The fourth-order valence-corrected chi connectivity index (χ4v) is 4.83. The normalized spacial score (nSPS) is 14.4. The SMILES string of the molecule is CN(N)C(=O)c1cc(-c2ccc(C#Cc3ccc(C(=O)N4CCCC4CC(=O)O)cc3)cc2)nc2ccncc12. The molecule has 200 valence electrons. The number of likely N-dealkylation sites (tertiary alicyclic amines) is 1. The van der Waals surface area contributed by atoms with Crippen LogP contribution in [0.1, 0.15) is 51.1 Å². The molecule has 40 heavy (non-hydrogen) atoms. The first-order valence-electron chi connectivity index (χ1n) is 12.8. The number of nitrogens with two attached hydrogens (primary N) is 1. The Balaban J connectivity index is 1.32. The van der Waals surface area contributed by atoms with E-state index < -0.39 is 5.97 Å². The summed E-state index contributed by atoms with van der Waals surface area (Å²) in [7, 11) is 1.49. The van der Waals surface area contributed by atoms with Gasteiger partial charge >= 0.3 is 5.97 Å². The van der Waals surface area contributed by atoms with E-state index in [0.29, 0.717) is 40.7 Å². The Hall–Kier alpha value is -5.07. The van der Waals surface area contributed by atoms with Crippen molar-refractivity contribution in [2.45, 2.75) is 25.3 Å². The Bertz CT molecular complexity index is 1650. The van der Waals surface area contributed by atoms with Gasteiger partial charge in [0.2, 0.25) is 0 Å². The number of carboxylic acids is 1. The molecule has 1 aliphatic heterocycles. The molecule has 1 unspecified atom stereocenters. The molecule has 0 radical (unpaired) electrons. The number of fused-ring (bicyclic) bond motifs is 1. The van der Waals surface area contributed by atoms with Crippen molar-refractivity contribution in [2.24, 2.45) is 5.84 Å². The number of carbonyl (C=O) groups excluding carboxylic acids is 2. The Labute approximate surface area is 231 Å². The van der Waals surface area contributed by atoms with Gasteiger partial charge in [0, 0.05) is 59.7 Å². The van der Waals surface area contributed by atoms with Gasteiger partial charge in [0.25, 0.3) is 11.8 Å². The zero-order chi connectivity index (χ0) is 28.2. The van der Waals surface area contributed by atoms with E-state index in [2.05, 4.69) is 16.8 Å². The zero-order valence-electron chi connectivity index (χ0n) is 21.9. The molecule has 2 aromatic carbocycles. The lowest BCUT2D eigenvalue weighted by atomic mass is 10.0. The number of aromatic nitrogens is 2. The van der Waals surface area contributed by atoms with Crippen LogP contribution in [0.25, 0.3) is 22.2 Å². The summed E-state index contributed by atoms with van der Waals surface area (Å²) in [5, 5.41) is 10.8. The minimum atomic E-state index is -0.895. The average molecular weight is 534 g/mol. The minimum Gasteiger partial charge on any atom is -0.481 e. The van der Waals surface area contributed by atoms with Crippen LogP contribution < -0.4 is 5.84 Å². The van der Waals surface area contributed by atoms with Crippen molar-refractivity contribution < 1.29 is 19.5 Å². The molecule has 3 N–H and O–H groups in total. The van der Waals surface area contributed by atoms with Crippen LogP contribution in [0.4, 0.5) is 0 Å². The van der Waals surface area contributed by atoms with Crippen molar-refractivity contribution in [3.63, 3.8) is 0 Å². The molecule has 0 saturated carbocycles. The highest BCUT2D eigenvalue weighted by Gasteiger charge is 2.30. The van der Waals surface area contributed by atoms with E-state index in [1.54, 1.807) is 53.7 Å². The van der Waals surface area contributed by atoms with Crippen LogP contribution >= 0.6 is 0 Å². The first-order valence-corrected chi connectivity index (χ1v) is 12.8. The number of nitrogens with zero attached hydrogens (tertiary/aromatic N) is 4. The maximum absolute atomic E-state index is 12.9. The van der Waals surface area contributed by atoms with E-state index in [9.17, 15) is 14.4 Å². The van der Waals surface area contributed by atoms with Gasteiger partial charge in [-0.05, 0) is 61.4 Å². The van der Waals surface area contributed by atoms with Crippen LogP contribution in [0.15, 0.2) is 73.1 Å². The number of benzene rings is 2. The third kappa shape index (κ3) is 5.67. The summed E-state index contributed by atoms with van der Waals surface area (Å²) in [4.78, 5) is 47.2. The Morgan fingerprint density at radius 2 is 1.73 bits per heavy atom. The van der Waals surface area contributed by atoms with Crippen molar-refractivity contribution in [3.8, 4) is 23.1 Å². The van der Waals surface area contributed by atoms with E-state index in [1.165, 1.54) is 7.05 Å². The molecule has 0 bridgehead atoms. The number of rotatable bonds is 5. The second-order valence-corrected chi connectivity index (χ2v) is 9.66. The average Bonchev–Trinajstić information content (AvgIpc) is 3.42. The molecule has 2 amide bonds. The molecule has 0 aliphatic carbocycles. The highest BCUT2D eigenvalue weighted by molar-refractivity contribution is 6.06. The number of hydrazine groups is 1. The molecule has 1 saturated heterocycles. The molecule has 1 aliphatic rings. The molecule has 9 heteroatoms. The molecular weight excluding hydrogens is 506 g/mol. The van der Waals surface area contributed by atoms with Crippen molar-refractivity contribution >= 4 is 28.7 Å². The summed E-state index contributed by atoms with van der Waals surface area (Å²) in [6, 6.07) is 17.8. The van der Waals surface area contributed by atoms with E-state index in [-0.39, 0.29) is 24.3 Å². The number of amides is 2. The second kappa shape index (κ2) is 11.4. The van der Waals surface area contributed by atoms with E-state index in [0.717, 1.165) is 28.1 Å². The van der Waals surface area contributed by atoms with Gasteiger partial charge in [-0.15, -0.1) is 0 Å². The van der Waals surface area contributed by atoms with Gasteiger partial charge in [-0.2, -0.15) is 0 Å². The standard InChI is InChI=1S/C31H27N5O4/c1-35(32)31(40)25-18-28(34-27-14-15-33-19-26(25)27)22-10-6-20(7-11-22)4-5-21-8-12-23(13-9-21)30(39)36-16-2-3-24(36)17-29(37)38/h6-15,18-19,24H,2-3,16-17,32H2,1H3,(H,37,38). The first kappa shape index (κ1) is 26.5. The van der Waals surface area contributed by atoms with Crippen LogP contribution in [-0.2, 0) is 4.79 Å². The van der Waals surface area contributed by atoms with Gasteiger partial charge < -0.3 is 10.0 Å². The third-order valence-corrected chi connectivity index (χ3v) is 6.87. The largest absolute Gasteiger partial charge is 0.481 e. The lowest BCUT2D eigenvalue weighted by molar-refractivity contribution is -0.137. The topological polar surface area (TPSA) is 130 Å². The molecule has 2 aromatic heterocycles. The third-order valence-electron chi connectivity index (χ3n) is 6.87. The minimum absolute atomic E-state index is 0.0349. The van der Waals surface area contributed by atoms with E-state index in [4.69, 9.17) is 15.9 Å². The summed E-state index contributed by atoms with van der Waals surface area (Å²) in [6.45, 7) is 0.571. The summed E-state index contributed by atoms with van der Waals surface area (Å²) < 4.78 is 0. The predicted octanol–water partition coefficient (Wildman–Crippen LogP) is 3.72. The van der Waals surface area contributed by atoms with Gasteiger partial charge in [-0.3, -0.25) is 24.4 Å². The quantitative estimate of drug-likeness (QED) is 0.173. The Kier molecular flexibility index (Phi) is 7.53. The number of pyridine rings is 2. The van der Waals surface area contributed by atoms with Crippen LogP contribution in [0, 0.1) is 11.8 Å². The smallest absolute Gasteiger partial charge is 0.305 e. The van der Waals surface area contributed by atoms with Crippen LogP contribution in [-0.4, -0.2) is 62.4 Å². The van der Waals surface area contributed by atoms with Gasteiger partial charge in [0.1, 0.15) is 0 Å². The first-order chi connectivity index (χ1) is 19.3. The number of aliphatic carboxylic acids is 1. The zero-order valence-corrected chi connectivity index (χ0v) is 21.9. The maximum atomic E-state index is 12.9. The van der Waals surface area contributed by atoms with Crippen LogP contribution in [0.3, 0.4) is 0 Å². The fraction of sp³-hybridized carbons (Fsp3) is 0.194. The van der Waals surface area contributed by atoms with Gasteiger partial charge in [0.15, 0.2) is 0 Å². The highest BCUT2D eigenvalue weighted by Crippen LogP contribution is 2.26. The number of hydrogen-bond donors (Lipinski definition) is 2.